The zero-order valence-corrected chi connectivity index (χ0v) is 12.7. The molecule has 0 aromatic carbocycles. The first-order chi connectivity index (χ1) is 9.51. The molecule has 0 bridgehead atoms. The maximum Gasteiger partial charge on any atom is 0.243 e. The highest BCUT2D eigenvalue weighted by Gasteiger charge is 2.20. The Bertz CT molecular complexity index is 523. The van der Waals surface area contributed by atoms with Gasteiger partial charge in [0.2, 0.25) is 16.0 Å². The van der Waals surface area contributed by atoms with Gasteiger partial charge in [-0.15, -0.1) is 0 Å². The third-order valence-corrected chi connectivity index (χ3v) is 4.94. The molecular formula is C12H21N5O2S. The lowest BCUT2D eigenvalue weighted by atomic mass is 9.98. The molecular weight excluding hydrogens is 278 g/mol. The first-order valence-corrected chi connectivity index (χ1v) is 8.17. The fourth-order valence-electron chi connectivity index (χ4n) is 2.16. The molecule has 20 heavy (non-hydrogen) atoms. The van der Waals surface area contributed by atoms with Crippen LogP contribution in [0.25, 0.3) is 0 Å². The predicted molar refractivity (Wildman–Crippen MR) is 77.0 cm³/mol. The van der Waals surface area contributed by atoms with Gasteiger partial charge < -0.3 is 10.2 Å². The lowest BCUT2D eigenvalue weighted by Gasteiger charge is -2.28. The van der Waals surface area contributed by atoms with Crippen LogP contribution in [0.2, 0.25) is 0 Å². The van der Waals surface area contributed by atoms with Crippen molar-refractivity contribution >= 4 is 16.0 Å². The normalized spacial score (nSPS) is 18.1. The summed E-state index contributed by atoms with van der Waals surface area (Å²) in [5.74, 6) is 0.803. The predicted octanol–water partition coefficient (Wildman–Crippen LogP) is 0.138. The van der Waals surface area contributed by atoms with Crippen LogP contribution in [0.1, 0.15) is 12.8 Å². The van der Waals surface area contributed by atoms with E-state index in [0.717, 1.165) is 25.9 Å². The van der Waals surface area contributed by atoms with Gasteiger partial charge in [-0.2, -0.15) is 0 Å². The van der Waals surface area contributed by atoms with Crippen LogP contribution in [0.5, 0.6) is 0 Å². The van der Waals surface area contributed by atoms with Crippen LogP contribution in [0, 0.1) is 5.92 Å². The van der Waals surface area contributed by atoms with Crippen LogP contribution in [-0.2, 0) is 10.0 Å². The lowest BCUT2D eigenvalue weighted by Crippen LogP contribution is -2.36. The molecule has 0 aliphatic carbocycles. The van der Waals surface area contributed by atoms with Gasteiger partial charge in [0.15, 0.2) is 0 Å². The molecule has 0 spiro atoms. The molecule has 1 saturated heterocycles. The van der Waals surface area contributed by atoms with Crippen molar-refractivity contribution in [2.75, 3.05) is 39.0 Å². The quantitative estimate of drug-likeness (QED) is 0.804. The minimum atomic E-state index is -3.51. The number of hydrogen-bond acceptors (Lipinski definition) is 6. The molecule has 0 atom stereocenters. The molecule has 0 radical (unpaired) electrons. The minimum Gasteiger partial charge on any atom is -0.357 e. The summed E-state index contributed by atoms with van der Waals surface area (Å²) < 4.78 is 26.9. The van der Waals surface area contributed by atoms with Crippen LogP contribution in [0.15, 0.2) is 17.3 Å². The topological polar surface area (TPSA) is 87.2 Å². The van der Waals surface area contributed by atoms with Gasteiger partial charge in [-0.1, -0.05) is 0 Å². The standard InChI is InChI=1S/C12H21N5O2S/c1-13-12-14-8-11(9-15-12)20(18,19)16-7-10-3-5-17(2)6-4-10/h8-10,16H,3-7H2,1-2H3,(H,13,14,15). The average molecular weight is 299 g/mol. The van der Waals surface area contributed by atoms with Crippen molar-refractivity contribution in [3.63, 3.8) is 0 Å². The largest absolute Gasteiger partial charge is 0.357 e. The van der Waals surface area contributed by atoms with Crippen molar-refractivity contribution in [3.05, 3.63) is 12.4 Å². The molecule has 1 aromatic rings. The molecule has 7 nitrogen and oxygen atoms in total. The fraction of sp³-hybridized carbons (Fsp3) is 0.667. The van der Waals surface area contributed by atoms with E-state index < -0.39 is 10.0 Å². The van der Waals surface area contributed by atoms with Crippen molar-refractivity contribution in [3.8, 4) is 0 Å². The Morgan fingerprint density at radius 2 is 1.90 bits per heavy atom. The summed E-state index contributed by atoms with van der Waals surface area (Å²) in [4.78, 5) is 10.2. The number of piperidine rings is 1. The van der Waals surface area contributed by atoms with E-state index in [2.05, 4.69) is 32.0 Å². The number of nitrogens with zero attached hydrogens (tertiary/aromatic N) is 3. The number of hydrogen-bond donors (Lipinski definition) is 2. The molecule has 1 aromatic heterocycles. The molecule has 0 unspecified atom stereocenters. The summed E-state index contributed by atoms with van der Waals surface area (Å²) in [5.41, 5.74) is 0. The van der Waals surface area contributed by atoms with Gasteiger partial charge in [-0.05, 0) is 38.9 Å². The van der Waals surface area contributed by atoms with Crippen molar-refractivity contribution in [1.29, 1.82) is 0 Å². The summed E-state index contributed by atoms with van der Waals surface area (Å²) in [6.07, 6.45) is 4.67. The van der Waals surface area contributed by atoms with Crippen LogP contribution >= 0.6 is 0 Å². The number of anilines is 1. The van der Waals surface area contributed by atoms with Gasteiger partial charge in [0.25, 0.3) is 0 Å². The second kappa shape index (κ2) is 6.47. The van der Waals surface area contributed by atoms with E-state index >= 15 is 0 Å². The van der Waals surface area contributed by atoms with E-state index in [1.807, 2.05) is 0 Å². The van der Waals surface area contributed by atoms with Gasteiger partial charge >= 0.3 is 0 Å². The Labute approximate surface area is 119 Å². The molecule has 1 fully saturated rings. The second-order valence-corrected chi connectivity index (χ2v) is 6.86. The number of likely N-dealkylation sites (tertiary alicyclic amines) is 1. The highest BCUT2D eigenvalue weighted by Crippen LogP contribution is 2.16. The fourth-order valence-corrected chi connectivity index (χ4v) is 3.17. The van der Waals surface area contributed by atoms with Crippen LogP contribution < -0.4 is 10.0 Å². The van der Waals surface area contributed by atoms with Crippen LogP contribution in [0.4, 0.5) is 5.95 Å². The van der Waals surface area contributed by atoms with Crippen LogP contribution in [0.3, 0.4) is 0 Å². The molecule has 2 N–H and O–H groups in total. The van der Waals surface area contributed by atoms with Crippen molar-refractivity contribution in [2.24, 2.45) is 5.92 Å². The molecule has 2 rings (SSSR count). The SMILES string of the molecule is CNc1ncc(S(=O)(=O)NCC2CCN(C)CC2)cn1. The summed E-state index contributed by atoms with van der Waals surface area (Å²) in [6, 6.07) is 0. The minimum absolute atomic E-state index is 0.101. The monoisotopic (exact) mass is 299 g/mol. The number of sulfonamides is 1. The summed E-state index contributed by atoms with van der Waals surface area (Å²) in [7, 11) is 0.252. The smallest absolute Gasteiger partial charge is 0.243 e. The highest BCUT2D eigenvalue weighted by atomic mass is 32.2. The zero-order valence-electron chi connectivity index (χ0n) is 11.8. The van der Waals surface area contributed by atoms with E-state index in [-0.39, 0.29) is 4.90 Å². The molecule has 0 amide bonds. The molecule has 0 saturated carbocycles. The van der Waals surface area contributed by atoms with Crippen LogP contribution in [-0.4, -0.2) is 57.0 Å². The Morgan fingerprint density at radius 3 is 2.45 bits per heavy atom. The van der Waals surface area contributed by atoms with E-state index in [1.165, 1.54) is 12.4 Å². The summed E-state index contributed by atoms with van der Waals surface area (Å²) in [5, 5.41) is 2.75. The van der Waals surface area contributed by atoms with Gasteiger partial charge in [-0.25, -0.2) is 23.1 Å². The Balaban J connectivity index is 1.93. The molecule has 1 aliphatic heterocycles. The molecule has 8 heteroatoms. The third-order valence-electron chi connectivity index (χ3n) is 3.56. The Kier molecular flexibility index (Phi) is 4.90. The number of nitrogens with one attached hydrogen (secondary N) is 2. The average Bonchev–Trinajstić information content (AvgIpc) is 2.47. The van der Waals surface area contributed by atoms with Gasteiger partial charge in [0, 0.05) is 13.6 Å². The van der Waals surface area contributed by atoms with E-state index in [1.54, 1.807) is 7.05 Å². The second-order valence-electron chi connectivity index (χ2n) is 5.09. The number of aromatic nitrogens is 2. The van der Waals surface area contributed by atoms with Crippen molar-refractivity contribution in [1.82, 2.24) is 19.6 Å². The maximum absolute atomic E-state index is 12.1. The molecule has 2 heterocycles. The molecule has 1 aliphatic rings. The van der Waals surface area contributed by atoms with E-state index in [9.17, 15) is 8.42 Å². The van der Waals surface area contributed by atoms with E-state index in [0.29, 0.717) is 18.4 Å². The third kappa shape index (κ3) is 3.87. The Morgan fingerprint density at radius 1 is 1.30 bits per heavy atom. The van der Waals surface area contributed by atoms with Crippen molar-refractivity contribution < 1.29 is 8.42 Å². The maximum atomic E-state index is 12.1. The zero-order chi connectivity index (χ0) is 14.6. The Hall–Kier alpha value is -1.25. The van der Waals surface area contributed by atoms with E-state index in [4.69, 9.17) is 0 Å². The summed E-state index contributed by atoms with van der Waals surface area (Å²) >= 11 is 0. The first-order valence-electron chi connectivity index (χ1n) is 6.69. The van der Waals surface area contributed by atoms with Gasteiger partial charge in [0.05, 0.1) is 12.4 Å². The number of rotatable bonds is 5. The summed E-state index contributed by atoms with van der Waals surface area (Å²) in [6.45, 7) is 2.52. The van der Waals surface area contributed by atoms with Crippen molar-refractivity contribution in [2.45, 2.75) is 17.7 Å². The highest BCUT2D eigenvalue weighted by molar-refractivity contribution is 7.89. The first kappa shape index (κ1) is 15.1. The van der Waals surface area contributed by atoms with Gasteiger partial charge in [0.1, 0.15) is 4.90 Å². The lowest BCUT2D eigenvalue weighted by molar-refractivity contribution is 0.220. The molecule has 112 valence electrons. The van der Waals surface area contributed by atoms with Gasteiger partial charge in [-0.3, -0.25) is 0 Å².